The third-order valence-electron chi connectivity index (χ3n) is 3.67. The van der Waals surface area contributed by atoms with Gasteiger partial charge in [0.15, 0.2) is 0 Å². The molecular formula is C16H22N2O2S. The molecule has 0 aliphatic carbocycles. The highest BCUT2D eigenvalue weighted by atomic mass is 32.2. The third-order valence-corrected chi connectivity index (χ3v) is 4.58. The molecule has 21 heavy (non-hydrogen) atoms. The number of amides is 1. The van der Waals surface area contributed by atoms with Gasteiger partial charge in [-0.15, -0.1) is 0 Å². The lowest BCUT2D eigenvalue weighted by Gasteiger charge is -2.22. The van der Waals surface area contributed by atoms with Gasteiger partial charge in [0.1, 0.15) is 0 Å². The highest BCUT2D eigenvalue weighted by Gasteiger charge is 2.21. The van der Waals surface area contributed by atoms with Crippen molar-refractivity contribution in [3.05, 3.63) is 35.0 Å². The molecule has 0 radical (unpaired) electrons. The van der Waals surface area contributed by atoms with Crippen molar-refractivity contribution in [2.24, 2.45) is 0 Å². The molecule has 1 amide bonds. The predicted octanol–water partition coefficient (Wildman–Crippen LogP) is 2.63. The van der Waals surface area contributed by atoms with E-state index in [0.717, 1.165) is 22.2 Å². The summed E-state index contributed by atoms with van der Waals surface area (Å²) in [6.07, 6.45) is 1.93. The number of para-hydroxylation sites is 1. The van der Waals surface area contributed by atoms with Gasteiger partial charge < -0.3 is 15.4 Å². The quantitative estimate of drug-likeness (QED) is 0.795. The first-order valence-corrected chi connectivity index (χ1v) is 8.32. The van der Waals surface area contributed by atoms with Crippen molar-refractivity contribution in [2.75, 3.05) is 18.6 Å². The molecule has 0 saturated heterocycles. The Morgan fingerprint density at radius 2 is 2.14 bits per heavy atom. The van der Waals surface area contributed by atoms with Crippen molar-refractivity contribution in [1.29, 1.82) is 0 Å². The molecule has 1 heterocycles. The summed E-state index contributed by atoms with van der Waals surface area (Å²) < 4.78 is 0. The second-order valence-electron chi connectivity index (χ2n) is 5.72. The molecule has 0 saturated carbocycles. The molecule has 114 valence electrons. The van der Waals surface area contributed by atoms with Crippen LogP contribution in [-0.4, -0.2) is 40.2 Å². The van der Waals surface area contributed by atoms with Crippen LogP contribution in [0, 0.1) is 13.8 Å². The number of aryl methyl sites for hydroxylation is 2. The van der Waals surface area contributed by atoms with Crippen molar-refractivity contribution in [2.45, 2.75) is 26.4 Å². The van der Waals surface area contributed by atoms with E-state index in [-0.39, 0.29) is 12.5 Å². The Bertz CT molecular complexity index is 662. The number of rotatable bonds is 5. The maximum Gasteiger partial charge on any atom is 0.253 e. The third kappa shape index (κ3) is 3.41. The molecule has 0 spiro atoms. The monoisotopic (exact) mass is 306 g/mol. The van der Waals surface area contributed by atoms with Crippen LogP contribution < -0.4 is 5.32 Å². The van der Waals surface area contributed by atoms with E-state index >= 15 is 0 Å². The van der Waals surface area contributed by atoms with Crippen molar-refractivity contribution in [1.82, 2.24) is 10.3 Å². The number of carbonyl (C=O) groups excluding carboxylic acids is 1. The summed E-state index contributed by atoms with van der Waals surface area (Å²) >= 11 is 1.56. The molecule has 2 rings (SSSR count). The number of hydrogen-bond donors (Lipinski definition) is 3. The molecule has 0 fully saturated rings. The van der Waals surface area contributed by atoms with E-state index in [2.05, 4.69) is 10.3 Å². The second kappa shape index (κ2) is 6.12. The van der Waals surface area contributed by atoms with Crippen LogP contribution >= 0.6 is 11.8 Å². The van der Waals surface area contributed by atoms with Crippen LogP contribution in [0.5, 0.6) is 0 Å². The first-order chi connectivity index (χ1) is 9.85. The highest BCUT2D eigenvalue weighted by Crippen LogP contribution is 2.24. The average Bonchev–Trinajstić information content (AvgIpc) is 2.72. The summed E-state index contributed by atoms with van der Waals surface area (Å²) in [6, 6.07) is 5.70. The van der Waals surface area contributed by atoms with Crippen molar-refractivity contribution in [3.8, 4) is 0 Å². The molecule has 0 aliphatic rings. The minimum atomic E-state index is -0.898. The van der Waals surface area contributed by atoms with Crippen LogP contribution in [0.1, 0.15) is 28.5 Å². The summed E-state index contributed by atoms with van der Waals surface area (Å²) in [5, 5.41) is 14.0. The Kier molecular flexibility index (Phi) is 4.64. The fourth-order valence-electron chi connectivity index (χ4n) is 2.40. The van der Waals surface area contributed by atoms with Crippen LogP contribution in [0.2, 0.25) is 0 Å². The van der Waals surface area contributed by atoms with Crippen LogP contribution in [0.25, 0.3) is 10.9 Å². The molecule has 1 atom stereocenters. The highest BCUT2D eigenvalue weighted by molar-refractivity contribution is 7.98. The number of benzene rings is 1. The zero-order valence-corrected chi connectivity index (χ0v) is 13.7. The predicted molar refractivity (Wildman–Crippen MR) is 89.1 cm³/mol. The Morgan fingerprint density at radius 1 is 1.43 bits per heavy atom. The molecule has 5 heteroatoms. The van der Waals surface area contributed by atoms with Gasteiger partial charge in [-0.25, -0.2) is 0 Å². The minimum Gasteiger partial charge on any atom is -0.387 e. The van der Waals surface area contributed by atoms with E-state index in [1.807, 2.05) is 32.2 Å². The zero-order valence-electron chi connectivity index (χ0n) is 12.9. The molecule has 2 aromatic rings. The normalized spacial score (nSPS) is 14.1. The Hall–Kier alpha value is -1.46. The summed E-state index contributed by atoms with van der Waals surface area (Å²) in [6.45, 7) is 6.01. The molecule has 1 unspecified atom stereocenters. The number of aliphatic hydroxyl groups is 1. The van der Waals surface area contributed by atoms with Gasteiger partial charge in [-0.2, -0.15) is 11.8 Å². The van der Waals surface area contributed by atoms with Crippen molar-refractivity contribution >= 4 is 28.6 Å². The van der Waals surface area contributed by atoms with E-state index in [4.69, 9.17) is 0 Å². The van der Waals surface area contributed by atoms with E-state index in [9.17, 15) is 9.90 Å². The maximum absolute atomic E-state index is 12.4. The summed E-state index contributed by atoms with van der Waals surface area (Å²) in [5.74, 6) is 0.418. The van der Waals surface area contributed by atoms with Gasteiger partial charge in [0.25, 0.3) is 5.91 Å². The van der Waals surface area contributed by atoms with Crippen molar-refractivity contribution in [3.63, 3.8) is 0 Å². The number of carbonyl (C=O) groups is 1. The van der Waals surface area contributed by atoms with Gasteiger partial charge in [0.05, 0.1) is 16.7 Å². The number of H-pyrrole nitrogens is 1. The van der Waals surface area contributed by atoms with E-state index in [1.54, 1.807) is 24.8 Å². The maximum atomic E-state index is 12.4. The van der Waals surface area contributed by atoms with Gasteiger partial charge in [-0.1, -0.05) is 12.1 Å². The lowest BCUT2D eigenvalue weighted by Crippen LogP contribution is -2.42. The van der Waals surface area contributed by atoms with E-state index in [0.29, 0.717) is 11.3 Å². The van der Waals surface area contributed by atoms with E-state index in [1.165, 1.54) is 0 Å². The number of thioether (sulfide) groups is 1. The first kappa shape index (κ1) is 15.9. The number of fused-ring (bicyclic) bond motifs is 1. The topological polar surface area (TPSA) is 65.1 Å². The molecule has 0 bridgehead atoms. The fourth-order valence-corrected chi connectivity index (χ4v) is 3.12. The standard InChI is InChI=1S/C16H22N2O2S/c1-10-11(2)18-14-12(10)6-5-7-13(14)15(19)17-8-16(3,20)9-21-4/h5-7,18,20H,8-9H2,1-4H3,(H,17,19). The molecule has 4 nitrogen and oxygen atoms in total. The Balaban J connectivity index is 2.22. The van der Waals surface area contributed by atoms with Crippen LogP contribution in [0.4, 0.5) is 0 Å². The molecule has 3 N–H and O–H groups in total. The number of hydrogen-bond acceptors (Lipinski definition) is 3. The smallest absolute Gasteiger partial charge is 0.253 e. The van der Waals surface area contributed by atoms with Crippen LogP contribution in [0.3, 0.4) is 0 Å². The van der Waals surface area contributed by atoms with Gasteiger partial charge in [-0.3, -0.25) is 4.79 Å². The van der Waals surface area contributed by atoms with Gasteiger partial charge in [-0.05, 0) is 38.7 Å². The van der Waals surface area contributed by atoms with Crippen LogP contribution in [0.15, 0.2) is 18.2 Å². The van der Waals surface area contributed by atoms with Gasteiger partial charge in [0.2, 0.25) is 0 Å². The van der Waals surface area contributed by atoms with Gasteiger partial charge in [0, 0.05) is 23.4 Å². The van der Waals surface area contributed by atoms with E-state index < -0.39 is 5.60 Å². The lowest BCUT2D eigenvalue weighted by atomic mass is 10.1. The zero-order chi connectivity index (χ0) is 15.6. The first-order valence-electron chi connectivity index (χ1n) is 6.93. The molecule has 1 aromatic carbocycles. The lowest BCUT2D eigenvalue weighted by molar-refractivity contribution is 0.0726. The molecule has 0 aliphatic heterocycles. The van der Waals surface area contributed by atoms with Crippen LogP contribution in [-0.2, 0) is 0 Å². The minimum absolute atomic E-state index is 0.164. The largest absolute Gasteiger partial charge is 0.387 e. The number of aromatic amines is 1. The number of nitrogens with one attached hydrogen (secondary N) is 2. The Morgan fingerprint density at radius 3 is 2.81 bits per heavy atom. The SMILES string of the molecule is CSCC(C)(O)CNC(=O)c1cccc2c(C)c(C)[nH]c12. The summed E-state index contributed by atoms with van der Waals surface area (Å²) in [7, 11) is 0. The van der Waals surface area contributed by atoms with Gasteiger partial charge >= 0.3 is 0 Å². The number of aromatic nitrogens is 1. The molecule has 1 aromatic heterocycles. The average molecular weight is 306 g/mol. The Labute approximate surface area is 129 Å². The fraction of sp³-hybridized carbons (Fsp3) is 0.438. The second-order valence-corrected chi connectivity index (χ2v) is 6.58. The molecular weight excluding hydrogens is 284 g/mol. The van der Waals surface area contributed by atoms with Crippen molar-refractivity contribution < 1.29 is 9.90 Å². The summed E-state index contributed by atoms with van der Waals surface area (Å²) in [5.41, 5.74) is 2.80. The summed E-state index contributed by atoms with van der Waals surface area (Å²) in [4.78, 5) is 15.7.